The molecule has 1 aromatic carbocycles. The van der Waals surface area contributed by atoms with Crippen molar-refractivity contribution >= 4 is 35.6 Å². The molecule has 1 aliphatic rings. The lowest BCUT2D eigenvalue weighted by molar-refractivity contribution is -0.118. The summed E-state index contributed by atoms with van der Waals surface area (Å²) in [7, 11) is 0. The maximum absolute atomic E-state index is 12.1. The van der Waals surface area contributed by atoms with Gasteiger partial charge in [-0.3, -0.25) is 9.59 Å². The van der Waals surface area contributed by atoms with Crippen molar-refractivity contribution in [3.63, 3.8) is 0 Å². The second kappa shape index (κ2) is 8.00. The van der Waals surface area contributed by atoms with Gasteiger partial charge >= 0.3 is 0 Å². The third-order valence-corrected chi connectivity index (χ3v) is 3.44. The fraction of sp³-hybridized carbons (Fsp3) is 0.467. The van der Waals surface area contributed by atoms with E-state index in [2.05, 4.69) is 16.0 Å². The molecule has 0 spiro atoms. The number of amides is 2. The molecule has 5 nitrogen and oxygen atoms in total. The number of benzene rings is 1. The first kappa shape index (κ1) is 17.5. The average molecular weight is 312 g/mol. The van der Waals surface area contributed by atoms with Crippen molar-refractivity contribution in [3.05, 3.63) is 23.8 Å². The number of piperidine rings is 1. The third-order valence-electron chi connectivity index (χ3n) is 3.44. The van der Waals surface area contributed by atoms with Gasteiger partial charge < -0.3 is 16.0 Å². The second-order valence-corrected chi connectivity index (χ2v) is 5.20. The van der Waals surface area contributed by atoms with Crippen LogP contribution in [0, 0.1) is 6.92 Å². The summed E-state index contributed by atoms with van der Waals surface area (Å²) in [6.45, 7) is 4.28. The number of anilines is 2. The molecular formula is C15H22ClN3O2. The monoisotopic (exact) mass is 311 g/mol. The van der Waals surface area contributed by atoms with Gasteiger partial charge in [-0.15, -0.1) is 12.4 Å². The van der Waals surface area contributed by atoms with Crippen molar-refractivity contribution in [1.82, 2.24) is 5.32 Å². The Morgan fingerprint density at radius 3 is 2.62 bits per heavy atom. The zero-order valence-corrected chi connectivity index (χ0v) is 13.2. The number of nitrogens with one attached hydrogen (secondary N) is 3. The Hall–Kier alpha value is -1.59. The Labute approximate surface area is 131 Å². The van der Waals surface area contributed by atoms with Crippen LogP contribution >= 0.6 is 12.4 Å². The molecule has 2 rings (SSSR count). The Morgan fingerprint density at radius 1 is 1.24 bits per heavy atom. The van der Waals surface area contributed by atoms with Crippen LogP contribution < -0.4 is 16.0 Å². The summed E-state index contributed by atoms with van der Waals surface area (Å²) in [5.41, 5.74) is 2.40. The maximum Gasteiger partial charge on any atom is 0.241 e. The van der Waals surface area contributed by atoms with E-state index in [0.29, 0.717) is 5.69 Å². The highest BCUT2D eigenvalue weighted by atomic mass is 35.5. The smallest absolute Gasteiger partial charge is 0.241 e. The Bertz CT molecular complexity index is 514. The lowest BCUT2D eigenvalue weighted by Gasteiger charge is -2.22. The standard InChI is InChI=1S/C15H21N3O2.ClH/c1-10-6-7-12(9-14(10)17-11(2)19)18-15(20)13-5-3-4-8-16-13;/h6-7,9,13,16H,3-5,8H2,1-2H3,(H,17,19)(H,18,20);1H/t13-;/m1./s1. The molecule has 1 saturated heterocycles. The van der Waals surface area contributed by atoms with Crippen molar-refractivity contribution in [2.45, 2.75) is 39.2 Å². The van der Waals surface area contributed by atoms with Gasteiger partial charge in [0.05, 0.1) is 6.04 Å². The molecule has 0 radical (unpaired) electrons. The highest BCUT2D eigenvalue weighted by molar-refractivity contribution is 5.96. The van der Waals surface area contributed by atoms with Crippen molar-refractivity contribution in [3.8, 4) is 0 Å². The van der Waals surface area contributed by atoms with Gasteiger partial charge in [0.15, 0.2) is 0 Å². The van der Waals surface area contributed by atoms with Crippen LogP contribution in [0.5, 0.6) is 0 Å². The SMILES string of the molecule is CC(=O)Nc1cc(NC(=O)[C@H]2CCCCN2)ccc1C.Cl. The second-order valence-electron chi connectivity index (χ2n) is 5.20. The molecule has 1 heterocycles. The Kier molecular flexibility index (Phi) is 6.65. The number of carbonyl (C=O) groups excluding carboxylic acids is 2. The predicted molar refractivity (Wildman–Crippen MR) is 87.0 cm³/mol. The maximum atomic E-state index is 12.1. The van der Waals surface area contributed by atoms with E-state index in [9.17, 15) is 9.59 Å². The first-order valence-corrected chi connectivity index (χ1v) is 6.99. The zero-order chi connectivity index (χ0) is 14.5. The summed E-state index contributed by atoms with van der Waals surface area (Å²) >= 11 is 0. The molecule has 0 saturated carbocycles. The van der Waals surface area contributed by atoms with Gasteiger partial charge in [0.25, 0.3) is 0 Å². The fourth-order valence-electron chi connectivity index (χ4n) is 2.33. The van der Waals surface area contributed by atoms with Gasteiger partial charge in [0.2, 0.25) is 11.8 Å². The van der Waals surface area contributed by atoms with Crippen LogP contribution in [-0.4, -0.2) is 24.4 Å². The normalized spacial score (nSPS) is 17.5. The largest absolute Gasteiger partial charge is 0.326 e. The number of hydrogen-bond donors (Lipinski definition) is 3. The van der Waals surface area contributed by atoms with Crippen LogP contribution in [0.3, 0.4) is 0 Å². The first-order chi connectivity index (χ1) is 9.56. The molecule has 0 unspecified atom stereocenters. The fourth-order valence-corrected chi connectivity index (χ4v) is 2.33. The van der Waals surface area contributed by atoms with Gasteiger partial charge in [-0.05, 0) is 44.0 Å². The summed E-state index contributed by atoms with van der Waals surface area (Å²) in [6, 6.07) is 5.41. The molecular weight excluding hydrogens is 290 g/mol. The van der Waals surface area contributed by atoms with Crippen LogP contribution in [0.25, 0.3) is 0 Å². The van der Waals surface area contributed by atoms with Gasteiger partial charge in [-0.25, -0.2) is 0 Å². The van der Waals surface area contributed by atoms with Crippen molar-refractivity contribution in [2.75, 3.05) is 17.2 Å². The summed E-state index contributed by atoms with van der Waals surface area (Å²) in [5.74, 6) is -0.132. The van der Waals surface area contributed by atoms with E-state index in [1.54, 1.807) is 6.07 Å². The quantitative estimate of drug-likeness (QED) is 0.803. The van der Waals surface area contributed by atoms with Crippen LogP contribution in [-0.2, 0) is 9.59 Å². The first-order valence-electron chi connectivity index (χ1n) is 6.99. The van der Waals surface area contributed by atoms with Crippen LogP contribution in [0.2, 0.25) is 0 Å². The lowest BCUT2D eigenvalue weighted by atomic mass is 10.0. The molecule has 1 aliphatic heterocycles. The molecule has 0 aliphatic carbocycles. The molecule has 0 bridgehead atoms. The van der Waals surface area contributed by atoms with Crippen LogP contribution in [0.1, 0.15) is 31.7 Å². The number of aryl methyl sites for hydroxylation is 1. The molecule has 2 amide bonds. The minimum Gasteiger partial charge on any atom is -0.326 e. The van der Waals surface area contributed by atoms with E-state index in [4.69, 9.17) is 0 Å². The number of hydrogen-bond acceptors (Lipinski definition) is 3. The van der Waals surface area contributed by atoms with Gasteiger partial charge in [-0.1, -0.05) is 12.5 Å². The lowest BCUT2D eigenvalue weighted by Crippen LogP contribution is -2.43. The van der Waals surface area contributed by atoms with Crippen molar-refractivity contribution in [2.24, 2.45) is 0 Å². The van der Waals surface area contributed by atoms with Crippen molar-refractivity contribution < 1.29 is 9.59 Å². The number of halogens is 1. The molecule has 0 aromatic heterocycles. The van der Waals surface area contributed by atoms with Gasteiger partial charge in [0, 0.05) is 18.3 Å². The summed E-state index contributed by atoms with van der Waals surface area (Å²) < 4.78 is 0. The minimum absolute atomic E-state index is 0. The van der Waals surface area contributed by atoms with E-state index in [0.717, 1.165) is 37.1 Å². The van der Waals surface area contributed by atoms with E-state index in [1.165, 1.54) is 6.92 Å². The minimum atomic E-state index is -0.120. The van der Waals surface area contributed by atoms with E-state index in [1.807, 2.05) is 19.1 Å². The summed E-state index contributed by atoms with van der Waals surface area (Å²) in [6.07, 6.45) is 3.08. The molecule has 1 aromatic rings. The van der Waals surface area contributed by atoms with Crippen LogP contribution in [0.4, 0.5) is 11.4 Å². The predicted octanol–water partition coefficient (Wildman–Crippen LogP) is 2.46. The molecule has 3 N–H and O–H groups in total. The van der Waals surface area contributed by atoms with E-state index < -0.39 is 0 Å². The number of carbonyl (C=O) groups is 2. The molecule has 116 valence electrons. The highest BCUT2D eigenvalue weighted by Gasteiger charge is 2.20. The van der Waals surface area contributed by atoms with Gasteiger partial charge in [0.1, 0.15) is 0 Å². The Morgan fingerprint density at radius 2 is 2.00 bits per heavy atom. The molecule has 6 heteroatoms. The molecule has 21 heavy (non-hydrogen) atoms. The van der Waals surface area contributed by atoms with Crippen LogP contribution in [0.15, 0.2) is 18.2 Å². The highest BCUT2D eigenvalue weighted by Crippen LogP contribution is 2.21. The average Bonchev–Trinajstić information content (AvgIpc) is 2.43. The van der Waals surface area contributed by atoms with Gasteiger partial charge in [-0.2, -0.15) is 0 Å². The summed E-state index contributed by atoms with van der Waals surface area (Å²) in [4.78, 5) is 23.3. The molecule has 1 atom stereocenters. The number of rotatable bonds is 3. The topological polar surface area (TPSA) is 70.2 Å². The molecule has 1 fully saturated rings. The summed E-state index contributed by atoms with van der Waals surface area (Å²) in [5, 5.41) is 8.88. The van der Waals surface area contributed by atoms with E-state index in [-0.39, 0.29) is 30.3 Å². The third kappa shape index (κ3) is 5.02. The van der Waals surface area contributed by atoms with E-state index >= 15 is 0 Å². The Balaban J connectivity index is 0.00000220. The van der Waals surface area contributed by atoms with Crippen molar-refractivity contribution in [1.29, 1.82) is 0 Å². The zero-order valence-electron chi connectivity index (χ0n) is 12.4.